The second kappa shape index (κ2) is 4.74. The van der Waals surface area contributed by atoms with Gasteiger partial charge in [-0.05, 0) is 24.0 Å². The molecular formula is C17H16N4. The Morgan fingerprint density at radius 2 is 1.90 bits per heavy atom. The average molecular weight is 276 g/mol. The number of H-pyrrole nitrogens is 1. The normalized spacial score (nSPS) is 20.4. The van der Waals surface area contributed by atoms with Gasteiger partial charge in [0.25, 0.3) is 0 Å². The highest BCUT2D eigenvalue weighted by Gasteiger charge is 2.42. The molecular weight excluding hydrogens is 260 g/mol. The number of hydrogen-bond donors (Lipinski definition) is 2. The van der Waals surface area contributed by atoms with E-state index in [0.29, 0.717) is 17.7 Å². The van der Waals surface area contributed by atoms with Crippen molar-refractivity contribution in [2.24, 2.45) is 0 Å². The molecule has 4 nitrogen and oxygen atoms in total. The number of nitrogens with two attached hydrogens (primary N) is 1. The smallest absolute Gasteiger partial charge is 0.153 e. The van der Waals surface area contributed by atoms with Crippen molar-refractivity contribution in [2.45, 2.75) is 18.3 Å². The molecule has 1 aliphatic carbocycles. The summed E-state index contributed by atoms with van der Waals surface area (Å²) in [6.07, 6.45) is 4.74. The molecule has 104 valence electrons. The van der Waals surface area contributed by atoms with Crippen LogP contribution in [0.3, 0.4) is 0 Å². The fourth-order valence-corrected chi connectivity index (χ4v) is 3.04. The van der Waals surface area contributed by atoms with Gasteiger partial charge in [0.05, 0.1) is 0 Å². The van der Waals surface area contributed by atoms with Crippen LogP contribution < -0.4 is 5.73 Å². The van der Waals surface area contributed by atoms with Crippen LogP contribution in [-0.2, 0) is 0 Å². The van der Waals surface area contributed by atoms with Crippen molar-refractivity contribution in [3.05, 3.63) is 66.1 Å². The first-order chi connectivity index (χ1) is 10.3. The first kappa shape index (κ1) is 12.1. The van der Waals surface area contributed by atoms with Gasteiger partial charge in [0.2, 0.25) is 0 Å². The number of pyridine rings is 1. The van der Waals surface area contributed by atoms with Crippen LogP contribution in [0.1, 0.15) is 29.5 Å². The number of rotatable bonds is 3. The Labute approximate surface area is 123 Å². The van der Waals surface area contributed by atoms with Crippen molar-refractivity contribution in [3.63, 3.8) is 0 Å². The first-order valence-electron chi connectivity index (χ1n) is 7.13. The summed E-state index contributed by atoms with van der Waals surface area (Å²) in [7, 11) is 0. The van der Waals surface area contributed by atoms with Crippen LogP contribution in [0, 0.1) is 0 Å². The highest BCUT2D eigenvalue weighted by atomic mass is 15.2. The highest BCUT2D eigenvalue weighted by Crippen LogP contribution is 2.56. The van der Waals surface area contributed by atoms with E-state index in [0.717, 1.165) is 23.2 Å². The van der Waals surface area contributed by atoms with Gasteiger partial charge in [-0.15, -0.1) is 0 Å². The maximum absolute atomic E-state index is 6.05. The Kier molecular flexibility index (Phi) is 2.74. The molecule has 0 bridgehead atoms. The summed E-state index contributed by atoms with van der Waals surface area (Å²) in [6, 6.07) is 14.6. The van der Waals surface area contributed by atoms with Gasteiger partial charge in [0.15, 0.2) is 5.82 Å². The second-order valence-corrected chi connectivity index (χ2v) is 5.50. The molecule has 3 aromatic rings. The van der Waals surface area contributed by atoms with Crippen LogP contribution in [0.25, 0.3) is 11.1 Å². The monoisotopic (exact) mass is 276 g/mol. The van der Waals surface area contributed by atoms with Crippen molar-refractivity contribution >= 4 is 5.82 Å². The zero-order chi connectivity index (χ0) is 14.2. The Morgan fingerprint density at radius 1 is 1.05 bits per heavy atom. The number of nitrogen functional groups attached to an aromatic ring is 1. The maximum Gasteiger partial charge on any atom is 0.153 e. The van der Waals surface area contributed by atoms with Crippen molar-refractivity contribution in [1.82, 2.24) is 15.2 Å². The van der Waals surface area contributed by atoms with Crippen molar-refractivity contribution < 1.29 is 0 Å². The summed E-state index contributed by atoms with van der Waals surface area (Å²) in [5.74, 6) is 1.57. The maximum atomic E-state index is 6.05. The first-order valence-corrected chi connectivity index (χ1v) is 7.13. The van der Waals surface area contributed by atoms with E-state index in [1.165, 1.54) is 5.56 Å². The minimum absolute atomic E-state index is 0.465. The fourth-order valence-electron chi connectivity index (χ4n) is 3.04. The Bertz CT molecular complexity index is 749. The number of nitrogens with one attached hydrogen (secondary N) is 1. The summed E-state index contributed by atoms with van der Waals surface area (Å²) in [4.78, 5) is 4.18. The van der Waals surface area contributed by atoms with E-state index in [1.54, 1.807) is 6.20 Å². The zero-order valence-corrected chi connectivity index (χ0v) is 11.5. The molecule has 2 atom stereocenters. The van der Waals surface area contributed by atoms with Crippen molar-refractivity contribution in [3.8, 4) is 11.1 Å². The third-order valence-electron chi connectivity index (χ3n) is 4.16. The van der Waals surface area contributed by atoms with Crippen molar-refractivity contribution in [2.75, 3.05) is 5.73 Å². The average Bonchev–Trinajstić information content (AvgIpc) is 3.25. The molecule has 2 unspecified atom stereocenters. The van der Waals surface area contributed by atoms with E-state index < -0.39 is 0 Å². The van der Waals surface area contributed by atoms with Gasteiger partial charge in [0.1, 0.15) is 0 Å². The summed E-state index contributed by atoms with van der Waals surface area (Å²) >= 11 is 0. The van der Waals surface area contributed by atoms with E-state index in [4.69, 9.17) is 5.73 Å². The quantitative estimate of drug-likeness (QED) is 0.771. The number of anilines is 1. The molecule has 21 heavy (non-hydrogen) atoms. The van der Waals surface area contributed by atoms with Gasteiger partial charge < -0.3 is 5.73 Å². The molecule has 4 heteroatoms. The summed E-state index contributed by atoms with van der Waals surface area (Å²) in [5.41, 5.74) is 10.6. The van der Waals surface area contributed by atoms with Crippen LogP contribution in [-0.4, -0.2) is 15.2 Å². The number of aromatic amines is 1. The summed E-state index contributed by atoms with van der Waals surface area (Å²) < 4.78 is 0. The Hall–Kier alpha value is -2.62. The van der Waals surface area contributed by atoms with Crippen LogP contribution in [0.15, 0.2) is 54.9 Å². The fraction of sp³-hybridized carbons (Fsp3) is 0.176. The number of aromatic nitrogens is 3. The lowest BCUT2D eigenvalue weighted by molar-refractivity contribution is 0.935. The largest absolute Gasteiger partial charge is 0.382 e. The molecule has 2 heterocycles. The lowest BCUT2D eigenvalue weighted by atomic mass is 10.0. The molecule has 4 rings (SSSR count). The van der Waals surface area contributed by atoms with Crippen LogP contribution in [0.2, 0.25) is 0 Å². The molecule has 2 aromatic heterocycles. The highest BCUT2D eigenvalue weighted by molar-refractivity contribution is 5.76. The predicted octanol–water partition coefficient (Wildman–Crippen LogP) is 3.33. The van der Waals surface area contributed by atoms with Crippen LogP contribution >= 0.6 is 0 Å². The summed E-state index contributed by atoms with van der Waals surface area (Å²) in [6.45, 7) is 0. The number of benzene rings is 1. The Balaban J connectivity index is 1.69. The van der Waals surface area contributed by atoms with Crippen molar-refractivity contribution in [1.29, 1.82) is 0 Å². The van der Waals surface area contributed by atoms with Gasteiger partial charge in [-0.1, -0.05) is 36.4 Å². The number of hydrogen-bond acceptors (Lipinski definition) is 3. The molecule has 1 aliphatic rings. The van der Waals surface area contributed by atoms with E-state index in [-0.39, 0.29) is 0 Å². The standard InChI is InChI=1S/C17H16N4/c18-17-15(12-7-4-8-19-10-12)16(20-21-17)14-9-13(14)11-5-2-1-3-6-11/h1-8,10,13-14H,9H2,(H3,18,20,21). The topological polar surface area (TPSA) is 67.6 Å². The SMILES string of the molecule is Nc1n[nH]c(C2CC2c2ccccc2)c1-c1cccnc1. The van der Waals surface area contributed by atoms with Gasteiger partial charge in [-0.3, -0.25) is 10.1 Å². The molecule has 1 saturated carbocycles. The van der Waals surface area contributed by atoms with E-state index in [9.17, 15) is 0 Å². The van der Waals surface area contributed by atoms with Gasteiger partial charge in [-0.25, -0.2) is 0 Å². The lowest BCUT2D eigenvalue weighted by Gasteiger charge is -2.04. The molecule has 1 fully saturated rings. The zero-order valence-electron chi connectivity index (χ0n) is 11.5. The summed E-state index contributed by atoms with van der Waals surface area (Å²) in [5, 5.41) is 7.34. The lowest BCUT2D eigenvalue weighted by Crippen LogP contribution is -1.91. The minimum atomic E-state index is 0.465. The van der Waals surface area contributed by atoms with Gasteiger partial charge in [-0.2, -0.15) is 5.10 Å². The van der Waals surface area contributed by atoms with Crippen LogP contribution in [0.4, 0.5) is 5.82 Å². The molecule has 1 aromatic carbocycles. The third kappa shape index (κ3) is 2.09. The molecule has 0 aliphatic heterocycles. The molecule has 0 saturated heterocycles. The Morgan fingerprint density at radius 3 is 2.67 bits per heavy atom. The molecule has 3 N–H and O–H groups in total. The molecule has 0 radical (unpaired) electrons. The second-order valence-electron chi connectivity index (χ2n) is 5.50. The van der Waals surface area contributed by atoms with E-state index >= 15 is 0 Å². The molecule has 0 spiro atoms. The third-order valence-corrected chi connectivity index (χ3v) is 4.16. The number of nitrogens with zero attached hydrogens (tertiary/aromatic N) is 2. The van der Waals surface area contributed by atoms with E-state index in [2.05, 4.69) is 45.5 Å². The predicted molar refractivity (Wildman–Crippen MR) is 82.8 cm³/mol. The van der Waals surface area contributed by atoms with E-state index in [1.807, 2.05) is 18.3 Å². The molecule has 0 amide bonds. The van der Waals surface area contributed by atoms with Gasteiger partial charge >= 0.3 is 0 Å². The minimum Gasteiger partial charge on any atom is -0.382 e. The van der Waals surface area contributed by atoms with Crippen LogP contribution in [0.5, 0.6) is 0 Å². The van der Waals surface area contributed by atoms with Gasteiger partial charge in [0, 0.05) is 35.1 Å².